The molecule has 1 aromatic carbocycles. The van der Waals surface area contributed by atoms with E-state index in [2.05, 4.69) is 11.0 Å². The summed E-state index contributed by atoms with van der Waals surface area (Å²) in [5, 5.41) is 9.86. The van der Waals surface area contributed by atoms with Crippen molar-refractivity contribution in [3.63, 3.8) is 0 Å². The molecule has 6 heteroatoms. The summed E-state index contributed by atoms with van der Waals surface area (Å²) in [6.45, 7) is 1.75. The molecule has 0 spiro atoms. The van der Waals surface area contributed by atoms with Gasteiger partial charge in [-0.05, 0) is 49.8 Å². The molecule has 2 fully saturated rings. The predicted octanol–water partition coefficient (Wildman–Crippen LogP) is 2.46. The third-order valence-electron chi connectivity index (χ3n) is 4.85. The van der Waals surface area contributed by atoms with Gasteiger partial charge in [-0.3, -0.25) is 4.79 Å². The Labute approximate surface area is 141 Å². The Kier molecular flexibility index (Phi) is 4.74. The van der Waals surface area contributed by atoms with E-state index in [1.165, 1.54) is 0 Å². The van der Waals surface area contributed by atoms with Crippen LogP contribution in [0.25, 0.3) is 0 Å². The van der Waals surface area contributed by atoms with Crippen LogP contribution in [0.1, 0.15) is 31.2 Å². The molecular formula is C17H20ClN3O2. The van der Waals surface area contributed by atoms with Crippen molar-refractivity contribution in [2.24, 2.45) is 11.7 Å². The lowest BCUT2D eigenvalue weighted by atomic mass is 9.89. The number of primary amides is 1. The topological polar surface area (TPSA) is 79.4 Å². The molecule has 1 aromatic rings. The van der Waals surface area contributed by atoms with Crippen LogP contribution in [0.3, 0.4) is 0 Å². The highest BCUT2D eigenvalue weighted by Gasteiger charge is 2.36. The van der Waals surface area contributed by atoms with Crippen LogP contribution in [-0.4, -0.2) is 31.2 Å². The van der Waals surface area contributed by atoms with Gasteiger partial charge in [-0.2, -0.15) is 5.26 Å². The fourth-order valence-corrected chi connectivity index (χ4v) is 3.78. The van der Waals surface area contributed by atoms with E-state index >= 15 is 0 Å². The molecule has 1 amide bonds. The van der Waals surface area contributed by atoms with Crippen molar-refractivity contribution >= 4 is 23.2 Å². The standard InChI is InChI=1S/C17H20ClN3O2/c18-13-1-2-14(12(9-13)10-19)21-7-5-11(6-8-21)15-3-4-16(23-15)17(20)22/h1-2,9,11,15-16H,3-8H2,(H2,20,22)/t15-,16+/m0/s1. The van der Waals surface area contributed by atoms with Crippen LogP contribution in [0.4, 0.5) is 5.69 Å². The number of halogens is 1. The second-order valence-electron chi connectivity index (χ2n) is 6.24. The van der Waals surface area contributed by atoms with E-state index in [1.807, 2.05) is 12.1 Å². The SMILES string of the molecule is N#Cc1cc(Cl)ccc1N1CCC([C@@H]2CC[C@H](C(N)=O)O2)CC1. The number of ether oxygens (including phenoxy) is 1. The van der Waals surface area contributed by atoms with Gasteiger partial charge in [0.05, 0.1) is 17.4 Å². The van der Waals surface area contributed by atoms with Gasteiger partial charge in [0.1, 0.15) is 12.2 Å². The number of piperidine rings is 1. The molecule has 0 unspecified atom stereocenters. The molecule has 0 radical (unpaired) electrons. The van der Waals surface area contributed by atoms with Crippen molar-refractivity contribution in [1.29, 1.82) is 5.26 Å². The maximum atomic E-state index is 11.2. The van der Waals surface area contributed by atoms with E-state index < -0.39 is 6.10 Å². The molecule has 2 aliphatic rings. The van der Waals surface area contributed by atoms with Crippen LogP contribution in [0.15, 0.2) is 18.2 Å². The third-order valence-corrected chi connectivity index (χ3v) is 5.09. The molecule has 2 atom stereocenters. The maximum Gasteiger partial charge on any atom is 0.246 e. The van der Waals surface area contributed by atoms with Crippen LogP contribution >= 0.6 is 11.6 Å². The summed E-state index contributed by atoms with van der Waals surface area (Å²) in [6, 6.07) is 7.66. The summed E-state index contributed by atoms with van der Waals surface area (Å²) in [5.74, 6) is 0.0956. The van der Waals surface area contributed by atoms with Crippen molar-refractivity contribution in [2.45, 2.75) is 37.9 Å². The maximum absolute atomic E-state index is 11.2. The Morgan fingerprint density at radius 1 is 1.30 bits per heavy atom. The number of benzene rings is 1. The van der Waals surface area contributed by atoms with E-state index in [-0.39, 0.29) is 12.0 Å². The largest absolute Gasteiger partial charge is 0.370 e. The Morgan fingerprint density at radius 2 is 2.04 bits per heavy atom. The fourth-order valence-electron chi connectivity index (χ4n) is 3.60. The first-order valence-electron chi connectivity index (χ1n) is 7.98. The first-order chi connectivity index (χ1) is 11.1. The van der Waals surface area contributed by atoms with Crippen molar-refractivity contribution in [3.05, 3.63) is 28.8 Å². The summed E-state index contributed by atoms with van der Waals surface area (Å²) in [5.41, 5.74) is 6.87. The number of hydrogen-bond acceptors (Lipinski definition) is 4. The van der Waals surface area contributed by atoms with Gasteiger partial charge in [0.25, 0.3) is 0 Å². The monoisotopic (exact) mass is 333 g/mol. The first kappa shape index (κ1) is 16.1. The highest BCUT2D eigenvalue weighted by molar-refractivity contribution is 6.30. The number of amides is 1. The first-order valence-corrected chi connectivity index (χ1v) is 8.35. The van der Waals surface area contributed by atoms with Crippen LogP contribution < -0.4 is 10.6 Å². The van der Waals surface area contributed by atoms with E-state index in [1.54, 1.807) is 6.07 Å². The Balaban J connectivity index is 1.61. The van der Waals surface area contributed by atoms with Gasteiger partial charge in [0, 0.05) is 18.1 Å². The summed E-state index contributed by atoms with van der Waals surface area (Å²) in [7, 11) is 0. The van der Waals surface area contributed by atoms with E-state index in [9.17, 15) is 10.1 Å². The minimum absolute atomic E-state index is 0.135. The lowest BCUT2D eigenvalue weighted by molar-refractivity contribution is -0.130. The highest BCUT2D eigenvalue weighted by atomic mass is 35.5. The molecule has 0 aliphatic carbocycles. The van der Waals surface area contributed by atoms with Gasteiger partial charge in [0.2, 0.25) is 5.91 Å². The Bertz CT molecular complexity index is 635. The lowest BCUT2D eigenvalue weighted by Crippen LogP contribution is -2.39. The number of nitriles is 1. The van der Waals surface area contributed by atoms with Crippen LogP contribution in [0.5, 0.6) is 0 Å². The molecule has 122 valence electrons. The number of nitrogens with zero attached hydrogens (tertiary/aromatic N) is 2. The van der Waals surface area contributed by atoms with Gasteiger partial charge in [0.15, 0.2) is 0 Å². The van der Waals surface area contributed by atoms with E-state index in [4.69, 9.17) is 22.1 Å². The summed E-state index contributed by atoms with van der Waals surface area (Å²) < 4.78 is 5.80. The Morgan fingerprint density at radius 3 is 2.65 bits per heavy atom. The zero-order valence-corrected chi connectivity index (χ0v) is 13.6. The number of nitrogens with two attached hydrogens (primary N) is 1. The number of carbonyl (C=O) groups is 1. The van der Waals surface area contributed by atoms with Gasteiger partial charge in [-0.25, -0.2) is 0 Å². The van der Waals surface area contributed by atoms with Crippen molar-refractivity contribution in [1.82, 2.24) is 0 Å². The number of anilines is 1. The van der Waals surface area contributed by atoms with Crippen LogP contribution in [0.2, 0.25) is 5.02 Å². The molecule has 2 aliphatic heterocycles. The minimum Gasteiger partial charge on any atom is -0.370 e. The molecule has 5 nitrogen and oxygen atoms in total. The summed E-state index contributed by atoms with van der Waals surface area (Å²) in [6.07, 6.45) is 3.33. The second kappa shape index (κ2) is 6.77. The number of carbonyl (C=O) groups excluding carboxylic acids is 1. The van der Waals surface area contributed by atoms with Crippen molar-refractivity contribution in [3.8, 4) is 6.07 Å². The van der Waals surface area contributed by atoms with E-state index in [0.29, 0.717) is 16.5 Å². The molecule has 2 N–H and O–H groups in total. The molecule has 2 saturated heterocycles. The van der Waals surface area contributed by atoms with Crippen LogP contribution in [-0.2, 0) is 9.53 Å². The van der Waals surface area contributed by atoms with E-state index in [0.717, 1.165) is 44.5 Å². The normalized spacial score (nSPS) is 25.3. The number of rotatable bonds is 3. The van der Waals surface area contributed by atoms with Gasteiger partial charge >= 0.3 is 0 Å². The molecular weight excluding hydrogens is 314 g/mol. The number of hydrogen-bond donors (Lipinski definition) is 1. The minimum atomic E-state index is -0.417. The molecule has 3 rings (SSSR count). The molecule has 0 aromatic heterocycles. The van der Waals surface area contributed by atoms with Crippen molar-refractivity contribution < 1.29 is 9.53 Å². The predicted molar refractivity (Wildman–Crippen MR) is 88.2 cm³/mol. The van der Waals surface area contributed by atoms with Gasteiger partial charge in [-0.1, -0.05) is 11.6 Å². The van der Waals surface area contributed by atoms with Crippen LogP contribution in [0, 0.1) is 17.2 Å². The summed E-state index contributed by atoms with van der Waals surface area (Å²) in [4.78, 5) is 13.4. The highest BCUT2D eigenvalue weighted by Crippen LogP contribution is 2.34. The molecule has 23 heavy (non-hydrogen) atoms. The summed E-state index contributed by atoms with van der Waals surface area (Å²) >= 11 is 5.96. The fraction of sp³-hybridized carbons (Fsp3) is 0.529. The Hall–Kier alpha value is -1.77. The molecule has 2 heterocycles. The lowest BCUT2D eigenvalue weighted by Gasteiger charge is -2.36. The quantitative estimate of drug-likeness (QED) is 0.921. The smallest absolute Gasteiger partial charge is 0.246 e. The van der Waals surface area contributed by atoms with Crippen molar-refractivity contribution in [2.75, 3.05) is 18.0 Å². The zero-order chi connectivity index (χ0) is 16.4. The zero-order valence-electron chi connectivity index (χ0n) is 12.9. The average molecular weight is 334 g/mol. The average Bonchev–Trinajstić information content (AvgIpc) is 3.05. The third kappa shape index (κ3) is 3.44. The van der Waals surface area contributed by atoms with Gasteiger partial charge < -0.3 is 15.4 Å². The molecule has 0 bridgehead atoms. The molecule has 0 saturated carbocycles. The second-order valence-corrected chi connectivity index (χ2v) is 6.68. The van der Waals surface area contributed by atoms with Gasteiger partial charge in [-0.15, -0.1) is 0 Å².